The monoisotopic (exact) mass is 351 g/mol. The van der Waals surface area contributed by atoms with E-state index in [1.165, 1.54) is 6.07 Å². The Morgan fingerprint density at radius 3 is 2.52 bits per heavy atom. The Hall–Kier alpha value is -3.10. The number of carbonyl (C=O) groups excluding carboxylic acids is 1. The summed E-state index contributed by atoms with van der Waals surface area (Å²) in [5, 5.41) is 9.74. The van der Waals surface area contributed by atoms with Gasteiger partial charge in [-0.3, -0.25) is 10.1 Å². The van der Waals surface area contributed by atoms with Crippen molar-refractivity contribution >= 4 is 11.9 Å². The lowest BCUT2D eigenvalue weighted by atomic mass is 10.1. The molecule has 1 aromatic carbocycles. The Kier molecular flexibility index (Phi) is 4.07. The standard InChI is InChI=1S/C16H12F3N3O3/c1-8-6-12(9(2)24-8)14-21-22-15(25-14)20-13(23)10-4-3-5-11(7-10)16(17,18)19/h3-7H,1-2H3,(H,20,22,23). The summed E-state index contributed by atoms with van der Waals surface area (Å²) in [5.74, 6) is 0.562. The summed E-state index contributed by atoms with van der Waals surface area (Å²) >= 11 is 0. The lowest BCUT2D eigenvalue weighted by Gasteiger charge is -2.07. The fourth-order valence-corrected chi connectivity index (χ4v) is 2.23. The van der Waals surface area contributed by atoms with Gasteiger partial charge < -0.3 is 8.83 Å². The summed E-state index contributed by atoms with van der Waals surface area (Å²) in [6, 6.07) is 5.50. The highest BCUT2D eigenvalue weighted by Crippen LogP contribution is 2.30. The van der Waals surface area contributed by atoms with Gasteiger partial charge >= 0.3 is 12.2 Å². The largest absolute Gasteiger partial charge is 0.466 e. The van der Waals surface area contributed by atoms with Gasteiger partial charge in [-0.25, -0.2) is 0 Å². The molecule has 2 heterocycles. The molecule has 130 valence electrons. The molecular weight excluding hydrogens is 339 g/mol. The summed E-state index contributed by atoms with van der Waals surface area (Å²) in [7, 11) is 0. The number of hydrogen-bond donors (Lipinski definition) is 1. The predicted octanol–water partition coefficient (Wildman–Crippen LogP) is 4.22. The zero-order chi connectivity index (χ0) is 18.2. The third-order valence-electron chi connectivity index (χ3n) is 3.37. The molecule has 3 rings (SSSR count). The number of furan rings is 1. The van der Waals surface area contributed by atoms with Gasteiger partial charge in [-0.2, -0.15) is 13.2 Å². The van der Waals surface area contributed by atoms with Crippen molar-refractivity contribution < 1.29 is 26.8 Å². The summed E-state index contributed by atoms with van der Waals surface area (Å²) in [4.78, 5) is 12.1. The van der Waals surface area contributed by atoms with Crippen LogP contribution in [-0.4, -0.2) is 16.1 Å². The number of aromatic nitrogens is 2. The fraction of sp³-hybridized carbons (Fsp3) is 0.188. The van der Waals surface area contributed by atoms with Crippen LogP contribution in [0.3, 0.4) is 0 Å². The molecule has 3 aromatic rings. The van der Waals surface area contributed by atoms with Gasteiger partial charge in [-0.1, -0.05) is 11.2 Å². The van der Waals surface area contributed by atoms with Crippen molar-refractivity contribution in [1.29, 1.82) is 0 Å². The first kappa shape index (κ1) is 16.7. The van der Waals surface area contributed by atoms with E-state index in [2.05, 4.69) is 15.5 Å². The quantitative estimate of drug-likeness (QED) is 0.764. The number of nitrogens with one attached hydrogen (secondary N) is 1. The summed E-state index contributed by atoms with van der Waals surface area (Å²) in [6.45, 7) is 3.47. The second kappa shape index (κ2) is 6.08. The fourth-order valence-electron chi connectivity index (χ4n) is 2.23. The highest BCUT2D eigenvalue weighted by atomic mass is 19.4. The first-order valence-corrected chi connectivity index (χ1v) is 7.13. The molecule has 0 fully saturated rings. The Bertz CT molecular complexity index is 928. The molecule has 0 saturated carbocycles. The van der Waals surface area contributed by atoms with Crippen molar-refractivity contribution in [3.05, 3.63) is 53.0 Å². The van der Waals surface area contributed by atoms with E-state index in [1.54, 1.807) is 19.9 Å². The van der Waals surface area contributed by atoms with E-state index in [1.807, 2.05) is 0 Å². The van der Waals surface area contributed by atoms with E-state index in [-0.39, 0.29) is 17.5 Å². The van der Waals surface area contributed by atoms with Crippen molar-refractivity contribution in [2.75, 3.05) is 5.32 Å². The summed E-state index contributed by atoms with van der Waals surface area (Å²) in [5.41, 5.74) is -0.523. The van der Waals surface area contributed by atoms with Gasteiger partial charge in [-0.05, 0) is 38.1 Å². The molecule has 25 heavy (non-hydrogen) atoms. The Balaban J connectivity index is 1.79. The summed E-state index contributed by atoms with van der Waals surface area (Å²) in [6.07, 6.45) is -4.54. The maximum atomic E-state index is 12.7. The van der Waals surface area contributed by atoms with Crippen molar-refractivity contribution in [2.45, 2.75) is 20.0 Å². The van der Waals surface area contributed by atoms with Crippen LogP contribution in [0.4, 0.5) is 19.2 Å². The first-order chi connectivity index (χ1) is 11.7. The maximum absolute atomic E-state index is 12.7. The minimum Gasteiger partial charge on any atom is -0.466 e. The van der Waals surface area contributed by atoms with Crippen LogP contribution < -0.4 is 5.32 Å². The molecular formula is C16H12F3N3O3. The van der Waals surface area contributed by atoms with E-state index >= 15 is 0 Å². The lowest BCUT2D eigenvalue weighted by molar-refractivity contribution is -0.137. The van der Waals surface area contributed by atoms with E-state index < -0.39 is 17.6 Å². The molecule has 1 N–H and O–H groups in total. The van der Waals surface area contributed by atoms with Crippen LogP contribution in [0.15, 0.2) is 39.2 Å². The van der Waals surface area contributed by atoms with Crippen LogP contribution in [0.5, 0.6) is 0 Å². The first-order valence-electron chi connectivity index (χ1n) is 7.13. The third-order valence-corrected chi connectivity index (χ3v) is 3.37. The van der Waals surface area contributed by atoms with E-state index in [4.69, 9.17) is 8.83 Å². The van der Waals surface area contributed by atoms with Gasteiger partial charge in [-0.15, -0.1) is 5.10 Å². The molecule has 0 spiro atoms. The molecule has 0 radical (unpaired) electrons. The second-order valence-electron chi connectivity index (χ2n) is 5.27. The normalized spacial score (nSPS) is 11.6. The highest BCUT2D eigenvalue weighted by molar-refractivity contribution is 6.03. The summed E-state index contributed by atoms with van der Waals surface area (Å²) < 4.78 is 48.8. The molecule has 6 nitrogen and oxygen atoms in total. The zero-order valence-electron chi connectivity index (χ0n) is 13.1. The van der Waals surface area contributed by atoms with Gasteiger partial charge in [0.25, 0.3) is 11.8 Å². The van der Waals surface area contributed by atoms with Crippen molar-refractivity contribution in [2.24, 2.45) is 0 Å². The Morgan fingerprint density at radius 1 is 1.12 bits per heavy atom. The number of nitrogens with zero attached hydrogens (tertiary/aromatic N) is 2. The molecule has 0 saturated heterocycles. The molecule has 0 aliphatic carbocycles. The molecule has 0 bridgehead atoms. The number of amides is 1. The highest BCUT2D eigenvalue weighted by Gasteiger charge is 2.31. The minimum atomic E-state index is -4.54. The van der Waals surface area contributed by atoms with Crippen molar-refractivity contribution in [1.82, 2.24) is 10.2 Å². The molecule has 0 aliphatic rings. The predicted molar refractivity (Wildman–Crippen MR) is 80.9 cm³/mol. The van der Waals surface area contributed by atoms with E-state index in [0.717, 1.165) is 18.2 Å². The van der Waals surface area contributed by atoms with Gasteiger partial charge in [0.05, 0.1) is 11.1 Å². The van der Waals surface area contributed by atoms with Gasteiger partial charge in [0, 0.05) is 5.56 Å². The molecule has 0 atom stereocenters. The smallest absolute Gasteiger partial charge is 0.416 e. The lowest BCUT2D eigenvalue weighted by Crippen LogP contribution is -2.14. The molecule has 0 aliphatic heterocycles. The van der Waals surface area contributed by atoms with E-state index in [0.29, 0.717) is 17.1 Å². The number of rotatable bonds is 3. The Labute approximate surface area is 139 Å². The number of carbonyl (C=O) groups is 1. The number of benzene rings is 1. The van der Waals surface area contributed by atoms with Gasteiger partial charge in [0.2, 0.25) is 0 Å². The molecule has 1 amide bonds. The number of anilines is 1. The topological polar surface area (TPSA) is 81.2 Å². The SMILES string of the molecule is Cc1cc(-c2nnc(NC(=O)c3cccc(C(F)(F)F)c3)o2)c(C)o1. The van der Waals surface area contributed by atoms with Crippen LogP contribution in [0.25, 0.3) is 11.5 Å². The van der Waals surface area contributed by atoms with Gasteiger partial charge in [0.1, 0.15) is 11.5 Å². The number of halogens is 3. The van der Waals surface area contributed by atoms with Crippen LogP contribution in [0.1, 0.15) is 27.4 Å². The van der Waals surface area contributed by atoms with Crippen LogP contribution in [-0.2, 0) is 6.18 Å². The molecule has 2 aromatic heterocycles. The maximum Gasteiger partial charge on any atom is 0.416 e. The van der Waals surface area contributed by atoms with Gasteiger partial charge in [0.15, 0.2) is 0 Å². The van der Waals surface area contributed by atoms with Crippen LogP contribution in [0.2, 0.25) is 0 Å². The van der Waals surface area contributed by atoms with Crippen molar-refractivity contribution in [3.63, 3.8) is 0 Å². The number of hydrogen-bond acceptors (Lipinski definition) is 5. The molecule has 0 unspecified atom stereocenters. The Morgan fingerprint density at radius 2 is 1.88 bits per heavy atom. The number of alkyl halides is 3. The minimum absolute atomic E-state index is 0.133. The van der Waals surface area contributed by atoms with E-state index in [9.17, 15) is 18.0 Å². The van der Waals surface area contributed by atoms with Crippen molar-refractivity contribution in [3.8, 4) is 11.5 Å². The average molecular weight is 351 g/mol. The molecule has 9 heteroatoms. The average Bonchev–Trinajstić information content (AvgIpc) is 3.12. The zero-order valence-corrected chi connectivity index (χ0v) is 13.1. The third kappa shape index (κ3) is 3.54. The second-order valence-corrected chi connectivity index (χ2v) is 5.27. The number of aryl methyl sites for hydroxylation is 2. The van der Waals surface area contributed by atoms with Crippen LogP contribution in [0, 0.1) is 13.8 Å². The van der Waals surface area contributed by atoms with Crippen LogP contribution >= 0.6 is 0 Å².